The zero-order chi connectivity index (χ0) is 12.8. The Labute approximate surface area is 103 Å². The maximum atomic E-state index is 12.8. The smallest absolute Gasteiger partial charge is 0.263 e. The number of carbonyl (C=O) groups excluding carboxylic acids is 1. The quantitative estimate of drug-likeness (QED) is 0.900. The third-order valence-corrected chi connectivity index (χ3v) is 2.10. The van der Waals surface area contributed by atoms with Crippen molar-refractivity contribution in [1.82, 2.24) is 4.98 Å². The van der Waals surface area contributed by atoms with Crippen molar-refractivity contribution in [1.29, 1.82) is 0 Å². The highest BCUT2D eigenvalue weighted by atomic mass is 19.1. The second-order valence-corrected chi connectivity index (χ2v) is 3.51. The van der Waals surface area contributed by atoms with E-state index in [0.717, 1.165) is 0 Å². The Morgan fingerprint density at radius 3 is 2.89 bits per heavy atom. The summed E-state index contributed by atoms with van der Waals surface area (Å²) < 4.78 is 18.0. The van der Waals surface area contributed by atoms with Crippen LogP contribution in [0.25, 0.3) is 0 Å². The van der Waals surface area contributed by atoms with Crippen LogP contribution in [-0.4, -0.2) is 17.5 Å². The Balaban J connectivity index is 1.85. The molecule has 0 aliphatic carbocycles. The maximum absolute atomic E-state index is 12.8. The van der Waals surface area contributed by atoms with Crippen molar-refractivity contribution in [2.45, 2.75) is 0 Å². The summed E-state index contributed by atoms with van der Waals surface area (Å²) in [5.74, 6) is 0.00658. The van der Waals surface area contributed by atoms with Crippen LogP contribution in [0.5, 0.6) is 5.75 Å². The predicted octanol–water partition coefficient (Wildman–Crippen LogP) is 2.24. The number of pyridine rings is 1. The molecule has 2 rings (SSSR count). The van der Waals surface area contributed by atoms with Crippen LogP contribution >= 0.6 is 0 Å². The molecule has 92 valence electrons. The van der Waals surface area contributed by atoms with Crippen molar-refractivity contribution in [3.8, 4) is 5.75 Å². The van der Waals surface area contributed by atoms with Gasteiger partial charge < -0.3 is 10.1 Å². The number of rotatable bonds is 4. The fraction of sp³-hybridized carbons (Fsp3) is 0.0769. The number of aromatic nitrogens is 1. The van der Waals surface area contributed by atoms with Gasteiger partial charge in [0.25, 0.3) is 5.91 Å². The maximum Gasteiger partial charge on any atom is 0.263 e. The molecule has 0 spiro atoms. The van der Waals surface area contributed by atoms with E-state index in [0.29, 0.717) is 11.6 Å². The normalized spacial score (nSPS) is 9.83. The minimum atomic E-state index is -0.405. The van der Waals surface area contributed by atoms with Gasteiger partial charge >= 0.3 is 0 Å². The van der Waals surface area contributed by atoms with Gasteiger partial charge in [0, 0.05) is 12.3 Å². The van der Waals surface area contributed by atoms with Gasteiger partial charge in [-0.3, -0.25) is 4.79 Å². The molecule has 18 heavy (non-hydrogen) atoms. The molecule has 0 radical (unpaired) electrons. The van der Waals surface area contributed by atoms with E-state index < -0.39 is 5.82 Å². The summed E-state index contributed by atoms with van der Waals surface area (Å²) >= 11 is 0. The Hall–Kier alpha value is -2.43. The van der Waals surface area contributed by atoms with Crippen molar-refractivity contribution in [3.63, 3.8) is 0 Å². The molecule has 1 heterocycles. The van der Waals surface area contributed by atoms with Crippen LogP contribution in [0.1, 0.15) is 0 Å². The van der Waals surface area contributed by atoms with Crippen LogP contribution in [0.3, 0.4) is 0 Å². The second kappa shape index (κ2) is 5.77. The van der Waals surface area contributed by atoms with Gasteiger partial charge in [0.1, 0.15) is 17.4 Å². The summed E-state index contributed by atoms with van der Waals surface area (Å²) in [6, 6.07) is 10.8. The van der Waals surface area contributed by atoms with Crippen molar-refractivity contribution in [3.05, 3.63) is 54.5 Å². The van der Waals surface area contributed by atoms with Crippen molar-refractivity contribution in [2.24, 2.45) is 0 Å². The second-order valence-electron chi connectivity index (χ2n) is 3.51. The largest absolute Gasteiger partial charge is 0.484 e. The first-order valence-electron chi connectivity index (χ1n) is 5.33. The van der Waals surface area contributed by atoms with E-state index in [1.807, 2.05) is 0 Å². The number of anilines is 1. The first-order valence-corrected chi connectivity index (χ1v) is 5.33. The molecule has 5 heteroatoms. The number of benzene rings is 1. The Morgan fingerprint density at radius 2 is 2.17 bits per heavy atom. The van der Waals surface area contributed by atoms with Gasteiger partial charge in [-0.1, -0.05) is 12.1 Å². The van der Waals surface area contributed by atoms with Gasteiger partial charge in [0.05, 0.1) is 0 Å². The first kappa shape index (κ1) is 12.0. The third kappa shape index (κ3) is 3.55. The van der Waals surface area contributed by atoms with Crippen LogP contribution in [0.2, 0.25) is 0 Å². The van der Waals surface area contributed by atoms with Crippen LogP contribution < -0.4 is 10.1 Å². The fourth-order valence-electron chi connectivity index (χ4n) is 1.32. The lowest BCUT2D eigenvalue weighted by atomic mass is 10.3. The highest BCUT2D eigenvalue weighted by Gasteiger charge is 2.04. The highest BCUT2D eigenvalue weighted by molar-refractivity contribution is 5.90. The highest BCUT2D eigenvalue weighted by Crippen LogP contribution is 2.11. The van der Waals surface area contributed by atoms with Gasteiger partial charge in [-0.2, -0.15) is 0 Å². The molecule has 0 saturated carbocycles. The zero-order valence-electron chi connectivity index (χ0n) is 9.47. The van der Waals surface area contributed by atoms with Gasteiger partial charge in [-0.15, -0.1) is 0 Å². The van der Waals surface area contributed by atoms with E-state index in [1.165, 1.54) is 18.2 Å². The van der Waals surface area contributed by atoms with Gasteiger partial charge in [-0.25, -0.2) is 9.37 Å². The summed E-state index contributed by atoms with van der Waals surface area (Å²) in [5.41, 5.74) is 0. The van der Waals surface area contributed by atoms with Crippen LogP contribution in [0, 0.1) is 5.82 Å². The van der Waals surface area contributed by atoms with E-state index in [4.69, 9.17) is 4.74 Å². The summed E-state index contributed by atoms with van der Waals surface area (Å²) in [6.45, 7) is -0.194. The number of nitrogens with one attached hydrogen (secondary N) is 1. The minimum absolute atomic E-state index is 0.194. The number of halogens is 1. The van der Waals surface area contributed by atoms with Gasteiger partial charge in [0.2, 0.25) is 0 Å². The molecule has 2 aromatic rings. The number of carbonyl (C=O) groups is 1. The molecule has 1 N–H and O–H groups in total. The molecule has 4 nitrogen and oxygen atoms in total. The topological polar surface area (TPSA) is 51.2 Å². The fourth-order valence-corrected chi connectivity index (χ4v) is 1.32. The van der Waals surface area contributed by atoms with Gasteiger partial charge in [-0.05, 0) is 24.3 Å². The molecule has 0 fully saturated rings. The average molecular weight is 246 g/mol. The minimum Gasteiger partial charge on any atom is -0.484 e. The molecule has 0 atom stereocenters. The predicted molar refractivity (Wildman–Crippen MR) is 64.8 cm³/mol. The van der Waals surface area contributed by atoms with E-state index >= 15 is 0 Å². The van der Waals surface area contributed by atoms with Crippen molar-refractivity contribution in [2.75, 3.05) is 11.9 Å². The van der Waals surface area contributed by atoms with Crippen molar-refractivity contribution < 1.29 is 13.9 Å². The number of amides is 1. The molecular formula is C13H11FN2O2. The lowest BCUT2D eigenvalue weighted by Crippen LogP contribution is -2.20. The van der Waals surface area contributed by atoms with E-state index in [-0.39, 0.29) is 12.5 Å². The van der Waals surface area contributed by atoms with Crippen molar-refractivity contribution >= 4 is 11.7 Å². The molecule has 0 aliphatic heterocycles. The molecule has 0 aliphatic rings. The summed E-state index contributed by atoms with van der Waals surface area (Å²) in [7, 11) is 0. The zero-order valence-corrected chi connectivity index (χ0v) is 9.47. The molecule has 0 unspecified atom stereocenters. The number of nitrogens with zero attached hydrogens (tertiary/aromatic N) is 1. The monoisotopic (exact) mass is 246 g/mol. The number of hydrogen-bond donors (Lipinski definition) is 1. The van der Waals surface area contributed by atoms with E-state index in [9.17, 15) is 9.18 Å². The number of hydrogen-bond acceptors (Lipinski definition) is 3. The third-order valence-electron chi connectivity index (χ3n) is 2.10. The molecule has 0 saturated heterocycles. The Bertz CT molecular complexity index is 532. The summed E-state index contributed by atoms with van der Waals surface area (Å²) in [5, 5.41) is 2.56. The lowest BCUT2D eigenvalue weighted by molar-refractivity contribution is -0.118. The SMILES string of the molecule is O=C(COc1cccc(F)c1)Nc1ccccn1. The molecule has 1 amide bonds. The van der Waals surface area contributed by atoms with Crippen LogP contribution in [0.15, 0.2) is 48.7 Å². The van der Waals surface area contributed by atoms with E-state index in [2.05, 4.69) is 10.3 Å². The summed E-state index contributed by atoms with van der Waals surface area (Å²) in [4.78, 5) is 15.4. The standard InChI is InChI=1S/C13H11FN2O2/c14-10-4-3-5-11(8-10)18-9-13(17)16-12-6-1-2-7-15-12/h1-8H,9H2,(H,15,16,17). The Morgan fingerprint density at radius 1 is 1.28 bits per heavy atom. The first-order chi connectivity index (χ1) is 8.74. The Kier molecular flexibility index (Phi) is 3.86. The molecule has 1 aromatic heterocycles. The number of ether oxygens (including phenoxy) is 1. The van der Waals surface area contributed by atoms with Crippen LogP contribution in [-0.2, 0) is 4.79 Å². The molecule has 0 bridgehead atoms. The lowest BCUT2D eigenvalue weighted by Gasteiger charge is -2.06. The average Bonchev–Trinajstić information content (AvgIpc) is 2.38. The van der Waals surface area contributed by atoms with Crippen LogP contribution in [0.4, 0.5) is 10.2 Å². The molecule has 1 aromatic carbocycles. The summed E-state index contributed by atoms with van der Waals surface area (Å²) in [6.07, 6.45) is 1.57. The van der Waals surface area contributed by atoms with Gasteiger partial charge in [0.15, 0.2) is 6.61 Å². The van der Waals surface area contributed by atoms with E-state index in [1.54, 1.807) is 30.5 Å². The molecular weight excluding hydrogens is 235 g/mol.